The van der Waals surface area contributed by atoms with Gasteiger partial charge in [-0.15, -0.1) is 0 Å². The third-order valence-electron chi connectivity index (χ3n) is 2.45. The van der Waals surface area contributed by atoms with Crippen molar-refractivity contribution in [2.24, 2.45) is 0 Å². The summed E-state index contributed by atoms with van der Waals surface area (Å²) in [6, 6.07) is 9.80. The lowest BCUT2D eigenvalue weighted by molar-refractivity contribution is -0.135. The Kier molecular flexibility index (Phi) is 5.34. The van der Waals surface area contributed by atoms with Crippen molar-refractivity contribution in [2.45, 2.75) is 32.1 Å². The zero-order valence-electron chi connectivity index (χ0n) is 8.98. The van der Waals surface area contributed by atoms with E-state index in [1.807, 2.05) is 39.8 Å². The highest BCUT2D eigenvalue weighted by atomic mass is 31.0. The van der Waals surface area contributed by atoms with Crippen molar-refractivity contribution in [3.05, 3.63) is 35.9 Å². The lowest BCUT2D eigenvalue weighted by Gasteiger charge is -2.14. The Morgan fingerprint density at radius 3 is 2.60 bits per heavy atom. The summed E-state index contributed by atoms with van der Waals surface area (Å²) in [6.07, 6.45) is 2.99. The number of rotatable bonds is 5. The van der Waals surface area contributed by atoms with Crippen molar-refractivity contribution in [3.63, 3.8) is 0 Å². The molecule has 0 heterocycles. The minimum atomic E-state index is -0.167. The van der Waals surface area contributed by atoms with Crippen molar-refractivity contribution in [1.29, 1.82) is 0 Å². The summed E-state index contributed by atoms with van der Waals surface area (Å²) in [5.41, 5.74) is 1.04. The molecule has 1 aromatic carbocycles. The van der Waals surface area contributed by atoms with Crippen LogP contribution in [0.25, 0.3) is 0 Å². The van der Waals surface area contributed by atoms with Gasteiger partial charge in [-0.05, 0) is 12.0 Å². The molecule has 0 N–H and O–H groups in total. The zero-order chi connectivity index (χ0) is 11.1. The molecule has 0 amide bonds. The number of hydrogen-bond donors (Lipinski definition) is 0. The van der Waals surface area contributed by atoms with Crippen LogP contribution in [0.5, 0.6) is 0 Å². The van der Waals surface area contributed by atoms with Crippen LogP contribution in [-0.2, 0) is 9.32 Å². The zero-order valence-corrected chi connectivity index (χ0v) is 10.1. The van der Waals surface area contributed by atoms with Gasteiger partial charge in [-0.25, -0.2) is 0 Å². The van der Waals surface area contributed by atoms with E-state index in [9.17, 15) is 4.79 Å². The molecule has 0 fully saturated rings. The van der Waals surface area contributed by atoms with Gasteiger partial charge in [0.15, 0.2) is 0 Å². The van der Waals surface area contributed by atoms with E-state index in [2.05, 4.69) is 6.92 Å². The smallest absolute Gasteiger partial charge is 0.315 e. The second kappa shape index (κ2) is 6.58. The van der Waals surface area contributed by atoms with Crippen molar-refractivity contribution in [2.75, 3.05) is 0 Å². The highest BCUT2D eigenvalue weighted by Gasteiger charge is 2.20. The monoisotopic (exact) mass is 224 g/mol. The molecule has 1 aromatic rings. The van der Waals surface area contributed by atoms with Crippen molar-refractivity contribution in [3.8, 4) is 0 Å². The second-order valence-electron chi connectivity index (χ2n) is 3.54. The fourth-order valence-corrected chi connectivity index (χ4v) is 1.76. The quantitative estimate of drug-likeness (QED) is 0.717. The number of hydrogen-bond acceptors (Lipinski definition) is 2. The van der Waals surface area contributed by atoms with E-state index >= 15 is 0 Å². The van der Waals surface area contributed by atoms with Crippen LogP contribution in [0.2, 0.25) is 0 Å². The maximum atomic E-state index is 11.6. The van der Waals surface area contributed by atoms with Crippen LogP contribution < -0.4 is 0 Å². The van der Waals surface area contributed by atoms with Gasteiger partial charge in [0, 0.05) is 0 Å². The summed E-state index contributed by atoms with van der Waals surface area (Å²) in [6.45, 7) is 2.12. The normalized spacial score (nSPS) is 12.1. The Labute approximate surface area is 93.3 Å². The number of carbonyl (C=O) groups excluding carboxylic acids is 1. The molecular formula is C12H17O2P. The highest BCUT2D eigenvalue weighted by molar-refractivity contribution is 7.10. The van der Waals surface area contributed by atoms with E-state index < -0.39 is 0 Å². The Morgan fingerprint density at radius 2 is 2.07 bits per heavy atom. The molecule has 0 aliphatic rings. The standard InChI is InChI=1S/C12H17O2P/c1-2-3-9-11(12(13)14-15)10-7-5-4-6-8-10/h4-8,11H,2-3,9,15H2,1H3. The van der Waals surface area contributed by atoms with Gasteiger partial charge >= 0.3 is 5.97 Å². The van der Waals surface area contributed by atoms with Gasteiger partial charge in [0.1, 0.15) is 0 Å². The fourth-order valence-electron chi connectivity index (χ4n) is 1.60. The molecule has 15 heavy (non-hydrogen) atoms. The molecule has 82 valence electrons. The Balaban J connectivity index is 2.76. The lowest BCUT2D eigenvalue weighted by Crippen LogP contribution is -2.12. The van der Waals surface area contributed by atoms with Gasteiger partial charge in [0.25, 0.3) is 0 Å². The summed E-state index contributed by atoms with van der Waals surface area (Å²) in [7, 11) is 2.03. The van der Waals surface area contributed by atoms with Crippen LogP contribution >= 0.6 is 9.47 Å². The molecule has 1 rings (SSSR count). The summed E-state index contributed by atoms with van der Waals surface area (Å²) in [5, 5.41) is 0. The Hall–Kier alpha value is -0.880. The van der Waals surface area contributed by atoms with Gasteiger partial charge < -0.3 is 4.52 Å². The molecule has 0 radical (unpaired) electrons. The maximum Gasteiger partial charge on any atom is 0.315 e. The predicted octanol–water partition coefficient (Wildman–Crippen LogP) is 3.29. The Bertz CT molecular complexity index is 298. The maximum absolute atomic E-state index is 11.6. The first kappa shape index (κ1) is 12.2. The number of unbranched alkanes of at least 4 members (excludes halogenated alkanes) is 1. The SMILES string of the molecule is CCCCC(C(=O)OP)c1ccccc1. The van der Waals surface area contributed by atoms with Crippen LogP contribution in [0.4, 0.5) is 0 Å². The summed E-state index contributed by atoms with van der Waals surface area (Å²) in [5.74, 6) is -0.289. The third-order valence-corrected chi connectivity index (χ3v) is 2.68. The minimum absolute atomic E-state index is 0.122. The molecule has 0 aromatic heterocycles. The molecular weight excluding hydrogens is 207 g/mol. The minimum Gasteiger partial charge on any atom is -0.451 e. The Morgan fingerprint density at radius 1 is 1.40 bits per heavy atom. The van der Waals surface area contributed by atoms with Gasteiger partial charge in [-0.1, -0.05) is 50.1 Å². The van der Waals surface area contributed by atoms with E-state index in [0.717, 1.165) is 24.8 Å². The molecule has 0 spiro atoms. The third kappa shape index (κ3) is 3.64. The second-order valence-corrected chi connectivity index (χ2v) is 3.78. The van der Waals surface area contributed by atoms with Crippen molar-refractivity contribution >= 4 is 15.4 Å². The number of benzene rings is 1. The first-order valence-corrected chi connectivity index (χ1v) is 5.72. The highest BCUT2D eigenvalue weighted by Crippen LogP contribution is 2.24. The predicted molar refractivity (Wildman–Crippen MR) is 64.5 cm³/mol. The molecule has 2 atom stereocenters. The first-order chi connectivity index (χ1) is 7.29. The van der Waals surface area contributed by atoms with E-state index in [1.165, 1.54) is 0 Å². The van der Waals surface area contributed by atoms with Crippen molar-refractivity contribution in [1.82, 2.24) is 0 Å². The molecule has 2 unspecified atom stereocenters. The summed E-state index contributed by atoms with van der Waals surface area (Å²) in [4.78, 5) is 11.6. The van der Waals surface area contributed by atoms with Crippen LogP contribution in [0.15, 0.2) is 30.3 Å². The molecule has 0 aliphatic carbocycles. The van der Waals surface area contributed by atoms with Crippen LogP contribution in [-0.4, -0.2) is 5.97 Å². The van der Waals surface area contributed by atoms with Gasteiger partial charge in [-0.2, -0.15) is 0 Å². The molecule has 0 saturated carbocycles. The van der Waals surface area contributed by atoms with E-state index in [4.69, 9.17) is 4.52 Å². The van der Waals surface area contributed by atoms with Crippen molar-refractivity contribution < 1.29 is 9.32 Å². The largest absolute Gasteiger partial charge is 0.451 e. The fraction of sp³-hybridized carbons (Fsp3) is 0.417. The van der Waals surface area contributed by atoms with E-state index in [1.54, 1.807) is 0 Å². The van der Waals surface area contributed by atoms with Crippen LogP contribution in [0.1, 0.15) is 37.7 Å². The molecule has 0 saturated heterocycles. The van der Waals surface area contributed by atoms with Gasteiger partial charge in [0.2, 0.25) is 0 Å². The van der Waals surface area contributed by atoms with Crippen LogP contribution in [0, 0.1) is 0 Å². The lowest BCUT2D eigenvalue weighted by atomic mass is 9.94. The average molecular weight is 224 g/mol. The molecule has 3 heteroatoms. The first-order valence-electron chi connectivity index (χ1n) is 5.25. The summed E-state index contributed by atoms with van der Waals surface area (Å²) < 4.78 is 4.74. The molecule has 0 bridgehead atoms. The van der Waals surface area contributed by atoms with E-state index in [0.29, 0.717) is 0 Å². The van der Waals surface area contributed by atoms with Crippen LogP contribution in [0.3, 0.4) is 0 Å². The average Bonchev–Trinajstić information content (AvgIpc) is 2.30. The number of carbonyl (C=O) groups is 1. The summed E-state index contributed by atoms with van der Waals surface area (Å²) >= 11 is 0. The topological polar surface area (TPSA) is 26.3 Å². The molecule has 0 aliphatic heterocycles. The van der Waals surface area contributed by atoms with Gasteiger partial charge in [0.05, 0.1) is 15.4 Å². The molecule has 2 nitrogen and oxygen atoms in total. The van der Waals surface area contributed by atoms with Gasteiger partial charge in [-0.3, -0.25) is 4.79 Å². The van der Waals surface area contributed by atoms with E-state index in [-0.39, 0.29) is 11.9 Å².